The van der Waals surface area contributed by atoms with Crippen LogP contribution in [0.2, 0.25) is 0 Å². The molecule has 0 radical (unpaired) electrons. The molecular formula is C13H20N2O3S. The lowest BCUT2D eigenvalue weighted by molar-refractivity contribution is -0.144. The minimum absolute atomic E-state index is 0.183. The van der Waals surface area contributed by atoms with Crippen molar-refractivity contribution >= 4 is 23.2 Å². The van der Waals surface area contributed by atoms with E-state index in [9.17, 15) is 9.59 Å². The Hall–Kier alpha value is -1.40. The Balaban J connectivity index is 2.64. The Kier molecular flexibility index (Phi) is 5.98. The molecule has 0 spiro atoms. The molecular weight excluding hydrogens is 264 g/mol. The van der Waals surface area contributed by atoms with Crippen molar-refractivity contribution in [2.75, 3.05) is 7.11 Å². The van der Waals surface area contributed by atoms with Crippen LogP contribution < -0.4 is 11.1 Å². The van der Waals surface area contributed by atoms with Crippen LogP contribution in [0.15, 0.2) is 11.4 Å². The molecule has 1 aromatic heterocycles. The van der Waals surface area contributed by atoms with Crippen molar-refractivity contribution in [2.45, 2.75) is 32.9 Å². The molecule has 0 saturated heterocycles. The lowest BCUT2D eigenvalue weighted by Crippen LogP contribution is -2.42. The van der Waals surface area contributed by atoms with E-state index in [0.717, 1.165) is 11.3 Å². The summed E-state index contributed by atoms with van der Waals surface area (Å²) in [5.41, 5.74) is 5.70. The summed E-state index contributed by atoms with van der Waals surface area (Å²) in [6.07, 6.45) is 0.879. The quantitative estimate of drug-likeness (QED) is 0.744. The Bertz CT molecular complexity index is 445. The van der Waals surface area contributed by atoms with Crippen LogP contribution in [0.1, 0.15) is 35.5 Å². The van der Waals surface area contributed by atoms with Gasteiger partial charge in [0.25, 0.3) is 0 Å². The summed E-state index contributed by atoms with van der Waals surface area (Å²) >= 11 is 1.44. The third-order valence-corrected chi connectivity index (χ3v) is 4.04. The van der Waals surface area contributed by atoms with E-state index in [1.165, 1.54) is 18.4 Å². The van der Waals surface area contributed by atoms with Gasteiger partial charge in [-0.2, -0.15) is 0 Å². The van der Waals surface area contributed by atoms with Gasteiger partial charge in [-0.3, -0.25) is 14.9 Å². The van der Waals surface area contributed by atoms with Crippen molar-refractivity contribution in [2.24, 2.45) is 11.7 Å². The molecule has 0 bridgehead atoms. The Morgan fingerprint density at radius 1 is 1.53 bits per heavy atom. The molecule has 2 atom stereocenters. The molecule has 1 amide bonds. The van der Waals surface area contributed by atoms with Gasteiger partial charge in [-0.25, -0.2) is 0 Å². The van der Waals surface area contributed by atoms with E-state index in [-0.39, 0.29) is 17.9 Å². The van der Waals surface area contributed by atoms with Crippen molar-refractivity contribution in [1.82, 2.24) is 5.32 Å². The largest absolute Gasteiger partial charge is 0.468 e. The topological polar surface area (TPSA) is 81.4 Å². The summed E-state index contributed by atoms with van der Waals surface area (Å²) < 4.78 is 4.80. The first-order valence-electron chi connectivity index (χ1n) is 6.18. The van der Waals surface area contributed by atoms with Crippen LogP contribution in [0, 0.1) is 5.92 Å². The molecule has 1 aromatic rings. The number of carbonyl (C=O) groups excluding carboxylic acids is 2. The molecule has 0 fully saturated rings. The second-order valence-electron chi connectivity index (χ2n) is 4.43. The van der Waals surface area contributed by atoms with E-state index in [1.54, 1.807) is 11.4 Å². The van der Waals surface area contributed by atoms with Gasteiger partial charge in [-0.15, -0.1) is 11.3 Å². The van der Waals surface area contributed by atoms with Gasteiger partial charge in [0.05, 0.1) is 12.7 Å². The third kappa shape index (κ3) is 4.33. The lowest BCUT2D eigenvalue weighted by Gasteiger charge is -2.21. The van der Waals surface area contributed by atoms with Crippen LogP contribution in [-0.2, 0) is 16.1 Å². The highest BCUT2D eigenvalue weighted by atomic mass is 32.1. The monoisotopic (exact) mass is 284 g/mol. The molecule has 1 heterocycles. The van der Waals surface area contributed by atoms with Crippen molar-refractivity contribution < 1.29 is 14.3 Å². The zero-order valence-electron chi connectivity index (χ0n) is 11.4. The van der Waals surface area contributed by atoms with Gasteiger partial charge < -0.3 is 10.5 Å². The van der Waals surface area contributed by atoms with Crippen LogP contribution in [0.5, 0.6) is 0 Å². The molecule has 3 N–H and O–H groups in total. The number of thiophene rings is 1. The summed E-state index contributed by atoms with van der Waals surface area (Å²) in [6.45, 7) is 4.54. The molecule has 0 saturated carbocycles. The Labute approximate surface area is 117 Å². The first kappa shape index (κ1) is 15.7. The number of hydrogen-bond acceptors (Lipinski definition) is 5. The van der Waals surface area contributed by atoms with Gasteiger partial charge in [0.1, 0.15) is 6.04 Å². The minimum Gasteiger partial charge on any atom is -0.468 e. The molecule has 19 heavy (non-hydrogen) atoms. The molecule has 0 aliphatic rings. The summed E-state index contributed by atoms with van der Waals surface area (Å²) in [4.78, 5) is 23.7. The van der Waals surface area contributed by atoms with Crippen LogP contribution in [0.25, 0.3) is 0 Å². The van der Waals surface area contributed by atoms with Crippen molar-refractivity contribution in [3.05, 3.63) is 21.9 Å². The van der Waals surface area contributed by atoms with E-state index in [1.807, 2.05) is 13.8 Å². The van der Waals surface area contributed by atoms with E-state index in [4.69, 9.17) is 10.5 Å². The predicted octanol–water partition coefficient (Wildman–Crippen LogP) is 1.52. The summed E-state index contributed by atoms with van der Waals surface area (Å²) in [7, 11) is 1.38. The fourth-order valence-electron chi connectivity index (χ4n) is 1.69. The van der Waals surface area contributed by atoms with Gasteiger partial charge in [0.15, 0.2) is 0 Å². The zero-order chi connectivity index (χ0) is 14.4. The molecule has 106 valence electrons. The number of carbonyl (C=O) groups is 2. The van der Waals surface area contributed by atoms with Gasteiger partial charge in [-0.05, 0) is 12.0 Å². The number of nitrogens with one attached hydrogen (secondary N) is 1. The van der Waals surface area contributed by atoms with E-state index < -0.39 is 5.91 Å². The first-order chi connectivity index (χ1) is 8.99. The van der Waals surface area contributed by atoms with Crippen LogP contribution in [0.3, 0.4) is 0 Å². The van der Waals surface area contributed by atoms with Crippen molar-refractivity contribution in [3.8, 4) is 0 Å². The number of nitrogens with two attached hydrogens (primary N) is 1. The Morgan fingerprint density at radius 3 is 2.68 bits per heavy atom. The highest BCUT2D eigenvalue weighted by molar-refractivity contribution is 7.10. The smallest absolute Gasteiger partial charge is 0.323 e. The molecule has 5 nitrogen and oxygen atoms in total. The van der Waals surface area contributed by atoms with Gasteiger partial charge in [0.2, 0.25) is 5.91 Å². The van der Waals surface area contributed by atoms with Gasteiger partial charge in [-0.1, -0.05) is 20.3 Å². The molecule has 2 unspecified atom stereocenters. The van der Waals surface area contributed by atoms with Crippen molar-refractivity contribution in [3.63, 3.8) is 0 Å². The van der Waals surface area contributed by atoms with Gasteiger partial charge in [0, 0.05) is 16.8 Å². The fourth-order valence-corrected chi connectivity index (χ4v) is 2.52. The fraction of sp³-hybridized carbons (Fsp3) is 0.538. The van der Waals surface area contributed by atoms with Crippen molar-refractivity contribution in [1.29, 1.82) is 0 Å². The number of ether oxygens (including phenoxy) is 1. The average molecular weight is 284 g/mol. The molecule has 0 aliphatic heterocycles. The summed E-state index contributed by atoms with van der Waals surface area (Å²) in [6, 6.07) is 1.40. The lowest BCUT2D eigenvalue weighted by atomic mass is 9.99. The molecule has 0 aliphatic carbocycles. The Morgan fingerprint density at radius 2 is 2.21 bits per heavy atom. The summed E-state index contributed by atoms with van der Waals surface area (Å²) in [5.74, 6) is -0.516. The van der Waals surface area contributed by atoms with E-state index in [0.29, 0.717) is 12.1 Å². The van der Waals surface area contributed by atoms with Gasteiger partial charge >= 0.3 is 5.97 Å². The molecule has 1 rings (SSSR count). The zero-order valence-corrected chi connectivity index (χ0v) is 12.3. The minimum atomic E-state index is -0.436. The third-order valence-electron chi connectivity index (χ3n) is 3.10. The highest BCUT2D eigenvalue weighted by Crippen LogP contribution is 2.16. The number of rotatable bonds is 7. The van der Waals surface area contributed by atoms with Crippen LogP contribution >= 0.6 is 11.3 Å². The van der Waals surface area contributed by atoms with Crippen LogP contribution in [-0.4, -0.2) is 25.0 Å². The maximum Gasteiger partial charge on any atom is 0.323 e. The number of hydrogen-bond donors (Lipinski definition) is 2. The first-order valence-corrected chi connectivity index (χ1v) is 7.06. The van der Waals surface area contributed by atoms with E-state index in [2.05, 4.69) is 5.32 Å². The number of primary amides is 1. The second kappa shape index (κ2) is 7.25. The summed E-state index contributed by atoms with van der Waals surface area (Å²) in [5, 5.41) is 4.89. The number of methoxy groups -OCH3 is 1. The highest BCUT2D eigenvalue weighted by Gasteiger charge is 2.24. The number of amides is 1. The standard InChI is InChI=1S/C13H20N2O3S/c1-4-8(2)11(13(17)18-3)15-6-10-5-9(7-19-10)12(14)16/h5,7-8,11,15H,4,6H2,1-3H3,(H2,14,16). The maximum atomic E-state index is 11.7. The van der Waals surface area contributed by atoms with Crippen LogP contribution in [0.4, 0.5) is 0 Å². The maximum absolute atomic E-state index is 11.7. The van der Waals surface area contributed by atoms with E-state index >= 15 is 0 Å². The molecule has 0 aromatic carbocycles. The normalized spacial score (nSPS) is 13.8. The molecule has 6 heteroatoms. The average Bonchev–Trinajstić information content (AvgIpc) is 2.87. The second-order valence-corrected chi connectivity index (χ2v) is 5.43. The number of esters is 1. The SMILES string of the molecule is CCC(C)C(NCc1cc(C(N)=O)cs1)C(=O)OC. The predicted molar refractivity (Wildman–Crippen MR) is 74.9 cm³/mol.